The highest BCUT2D eigenvalue weighted by molar-refractivity contribution is 9.09. The van der Waals surface area contributed by atoms with Crippen LogP contribution in [0.1, 0.15) is 0 Å². The lowest BCUT2D eigenvalue weighted by molar-refractivity contribution is 0.412. The second-order valence-corrected chi connectivity index (χ2v) is 3.22. The minimum atomic E-state index is -3.97. The zero-order chi connectivity index (χ0) is 6.78. The van der Waals surface area contributed by atoms with Crippen LogP contribution in [0.25, 0.3) is 0 Å². The third-order valence-corrected chi connectivity index (χ3v) is 2.56. The zero-order valence-corrected chi connectivity index (χ0v) is 7.83. The van der Waals surface area contributed by atoms with Crippen LogP contribution in [0.4, 0.5) is 0 Å². The average molecular weight is 241 g/mol. The molecule has 4 nitrogen and oxygen atoms in total. The molecule has 0 bridgehead atoms. The summed E-state index contributed by atoms with van der Waals surface area (Å²) in [6.07, 6.45) is 0. The molecule has 0 aromatic rings. The molecule has 0 aromatic carbocycles. The van der Waals surface area contributed by atoms with E-state index >= 15 is 0 Å². The van der Waals surface area contributed by atoms with E-state index in [9.17, 15) is 8.42 Å². The van der Waals surface area contributed by atoms with Gasteiger partial charge in [-0.15, -0.1) is 12.4 Å². The molecule has 0 saturated heterocycles. The molecular formula is C2H7BrClNO3S. The van der Waals surface area contributed by atoms with Gasteiger partial charge in [0.05, 0.1) is 5.45 Å². The summed E-state index contributed by atoms with van der Waals surface area (Å²) in [6.45, 7) is 0. The molecule has 0 aliphatic heterocycles. The van der Waals surface area contributed by atoms with Crippen molar-refractivity contribution in [2.24, 2.45) is 0 Å². The Bertz CT molecular complexity index is 157. The predicted octanol–water partition coefficient (Wildman–Crippen LogP) is 0.495. The van der Waals surface area contributed by atoms with E-state index in [2.05, 4.69) is 15.9 Å². The van der Waals surface area contributed by atoms with Gasteiger partial charge in [-0.2, -0.15) is 12.7 Å². The molecule has 7 heteroatoms. The van der Waals surface area contributed by atoms with Crippen molar-refractivity contribution in [3.63, 3.8) is 0 Å². The van der Waals surface area contributed by atoms with Crippen molar-refractivity contribution >= 4 is 38.6 Å². The third kappa shape index (κ3) is 5.10. The smallest absolute Gasteiger partial charge is 0.273 e. The lowest BCUT2D eigenvalue weighted by Crippen LogP contribution is -2.23. The maximum absolute atomic E-state index is 10.0. The molecule has 0 fully saturated rings. The topological polar surface area (TPSA) is 57.6 Å². The number of alkyl halides is 1. The number of rotatable bonds is 2. The Morgan fingerprint density at radius 2 is 2.00 bits per heavy atom. The number of halogens is 2. The maximum Gasteiger partial charge on any atom is 0.336 e. The Balaban J connectivity index is 0. The lowest BCUT2D eigenvalue weighted by Gasteiger charge is -2.05. The Morgan fingerprint density at radius 1 is 1.67 bits per heavy atom. The fourth-order valence-corrected chi connectivity index (χ4v) is 0.961. The molecule has 0 atom stereocenters. The van der Waals surface area contributed by atoms with Gasteiger partial charge in [-0.3, -0.25) is 4.55 Å². The minimum absolute atomic E-state index is 0. The summed E-state index contributed by atoms with van der Waals surface area (Å²) >= 11 is 2.84. The first kappa shape index (κ1) is 12.3. The second kappa shape index (κ2) is 4.45. The van der Waals surface area contributed by atoms with Crippen molar-refractivity contribution in [1.29, 1.82) is 0 Å². The van der Waals surface area contributed by atoms with Crippen LogP contribution in [0.15, 0.2) is 0 Å². The van der Waals surface area contributed by atoms with E-state index in [0.717, 1.165) is 4.31 Å². The van der Waals surface area contributed by atoms with Crippen LogP contribution < -0.4 is 0 Å². The molecule has 58 valence electrons. The van der Waals surface area contributed by atoms with Crippen molar-refractivity contribution in [2.45, 2.75) is 0 Å². The van der Waals surface area contributed by atoms with E-state index < -0.39 is 10.3 Å². The predicted molar refractivity (Wildman–Crippen MR) is 40.4 cm³/mol. The van der Waals surface area contributed by atoms with Crippen LogP contribution in [0.3, 0.4) is 0 Å². The highest BCUT2D eigenvalue weighted by Crippen LogP contribution is 1.94. The van der Waals surface area contributed by atoms with Gasteiger partial charge in [-0.05, 0) is 0 Å². The van der Waals surface area contributed by atoms with Crippen LogP contribution in [0, 0.1) is 0 Å². The molecule has 0 spiro atoms. The lowest BCUT2D eigenvalue weighted by atomic mass is 11.3. The van der Waals surface area contributed by atoms with E-state index in [1.54, 1.807) is 0 Å². The second-order valence-electron chi connectivity index (χ2n) is 1.20. The maximum atomic E-state index is 10.0. The average Bonchev–Trinajstić information content (AvgIpc) is 1.62. The van der Waals surface area contributed by atoms with Gasteiger partial charge in [0, 0.05) is 7.05 Å². The molecule has 0 rings (SSSR count). The van der Waals surface area contributed by atoms with Gasteiger partial charge < -0.3 is 0 Å². The summed E-state index contributed by atoms with van der Waals surface area (Å²) < 4.78 is 28.9. The van der Waals surface area contributed by atoms with Crippen LogP contribution in [-0.4, -0.2) is 29.8 Å². The summed E-state index contributed by atoms with van der Waals surface area (Å²) in [5.74, 6) is 0. The summed E-state index contributed by atoms with van der Waals surface area (Å²) in [5, 5.41) is 0. The molecule has 9 heavy (non-hydrogen) atoms. The molecule has 0 aromatic heterocycles. The highest BCUT2D eigenvalue weighted by Gasteiger charge is 2.09. The van der Waals surface area contributed by atoms with Crippen molar-refractivity contribution in [2.75, 3.05) is 12.5 Å². The molecule has 0 radical (unpaired) electrons. The normalized spacial score (nSPS) is 11.1. The fourth-order valence-electron chi connectivity index (χ4n) is 0.0617. The fraction of sp³-hybridized carbons (Fsp3) is 1.00. The Morgan fingerprint density at radius 3 is 2.00 bits per heavy atom. The molecule has 1 N–H and O–H groups in total. The van der Waals surface area contributed by atoms with Crippen molar-refractivity contribution in [3.05, 3.63) is 0 Å². The van der Waals surface area contributed by atoms with E-state index in [1.165, 1.54) is 7.05 Å². The Hall–Kier alpha value is 0.640. The summed E-state index contributed by atoms with van der Waals surface area (Å²) in [7, 11) is -2.71. The molecule has 0 unspecified atom stereocenters. The summed E-state index contributed by atoms with van der Waals surface area (Å²) in [6, 6.07) is 0. The van der Waals surface area contributed by atoms with Crippen LogP contribution in [0.2, 0.25) is 0 Å². The van der Waals surface area contributed by atoms with Gasteiger partial charge in [0.1, 0.15) is 0 Å². The van der Waals surface area contributed by atoms with Crippen LogP contribution >= 0.6 is 28.3 Å². The van der Waals surface area contributed by atoms with E-state index in [4.69, 9.17) is 4.55 Å². The molecule has 0 amide bonds. The van der Waals surface area contributed by atoms with Gasteiger partial charge in [-0.1, -0.05) is 15.9 Å². The molecule has 0 aliphatic rings. The first-order chi connectivity index (χ1) is 3.48. The number of hydrogen-bond acceptors (Lipinski definition) is 2. The van der Waals surface area contributed by atoms with Crippen LogP contribution in [0.5, 0.6) is 0 Å². The first-order valence-corrected chi connectivity index (χ1v) is 4.25. The molecule has 0 aliphatic carbocycles. The quantitative estimate of drug-likeness (QED) is 0.434. The van der Waals surface area contributed by atoms with E-state index in [-0.39, 0.29) is 17.9 Å². The zero-order valence-electron chi connectivity index (χ0n) is 4.61. The van der Waals surface area contributed by atoms with Gasteiger partial charge >= 0.3 is 10.3 Å². The van der Waals surface area contributed by atoms with Gasteiger partial charge in [0.15, 0.2) is 0 Å². The van der Waals surface area contributed by atoms with Crippen molar-refractivity contribution in [3.8, 4) is 0 Å². The largest absolute Gasteiger partial charge is 0.336 e. The summed E-state index contributed by atoms with van der Waals surface area (Å²) in [4.78, 5) is 0. The molecular weight excluding hydrogens is 233 g/mol. The minimum Gasteiger partial charge on any atom is -0.273 e. The SMILES string of the molecule is CN(CBr)S(=O)(=O)O.Cl. The first-order valence-electron chi connectivity index (χ1n) is 1.73. The van der Waals surface area contributed by atoms with Crippen LogP contribution in [-0.2, 0) is 10.3 Å². The molecule has 0 heterocycles. The van der Waals surface area contributed by atoms with Gasteiger partial charge in [0.2, 0.25) is 0 Å². The summed E-state index contributed by atoms with van der Waals surface area (Å²) in [5.41, 5.74) is 0.103. The Labute approximate surface area is 68.6 Å². The van der Waals surface area contributed by atoms with Gasteiger partial charge in [0.25, 0.3) is 0 Å². The van der Waals surface area contributed by atoms with E-state index in [1.807, 2.05) is 0 Å². The molecule has 0 saturated carbocycles. The monoisotopic (exact) mass is 239 g/mol. The number of hydrogen-bond donors (Lipinski definition) is 1. The van der Waals surface area contributed by atoms with Crippen molar-refractivity contribution in [1.82, 2.24) is 4.31 Å². The highest BCUT2D eigenvalue weighted by atomic mass is 79.9. The Kier molecular flexibility index (Phi) is 6.10. The number of nitrogens with zero attached hydrogens (tertiary/aromatic N) is 1. The van der Waals surface area contributed by atoms with Crippen molar-refractivity contribution < 1.29 is 13.0 Å². The standard InChI is InChI=1S/C2H6BrNO3S.ClH/c1-4(2-3)8(5,6)7;/h2H2,1H3,(H,5,6,7);1H. The van der Waals surface area contributed by atoms with Gasteiger partial charge in [-0.25, -0.2) is 0 Å². The van der Waals surface area contributed by atoms with E-state index in [0.29, 0.717) is 0 Å². The third-order valence-electron chi connectivity index (χ3n) is 0.562.